The lowest BCUT2D eigenvalue weighted by Gasteiger charge is -2.10. The summed E-state index contributed by atoms with van der Waals surface area (Å²) >= 11 is 0. The van der Waals surface area contributed by atoms with Crippen LogP contribution in [0.1, 0.15) is 30.9 Å². The topological polar surface area (TPSA) is 54.4 Å². The van der Waals surface area contributed by atoms with Gasteiger partial charge in [-0.15, -0.1) is 0 Å². The van der Waals surface area contributed by atoms with Crippen LogP contribution in [0.5, 0.6) is 0 Å². The molecule has 80 valence electrons. The minimum Gasteiger partial charge on any atom is -0.475 e. The predicted octanol–water partition coefficient (Wildman–Crippen LogP) is 2.01. The maximum atomic E-state index is 11.1. The summed E-state index contributed by atoms with van der Waals surface area (Å²) in [6.07, 6.45) is -0.0241. The van der Waals surface area contributed by atoms with E-state index in [-0.39, 0.29) is 6.42 Å². The Balaban J connectivity index is 2.94. The molecule has 3 nitrogen and oxygen atoms in total. The van der Waals surface area contributed by atoms with E-state index in [0.29, 0.717) is 5.92 Å². The first kappa shape index (κ1) is 11.4. The summed E-state index contributed by atoms with van der Waals surface area (Å²) < 4.78 is 0. The lowest BCUT2D eigenvalue weighted by molar-refractivity contribution is -0.148. The molecular weight excluding hydrogens is 192 g/mol. The largest absolute Gasteiger partial charge is 0.475 e. The molecule has 0 atom stereocenters. The van der Waals surface area contributed by atoms with Gasteiger partial charge in [0, 0.05) is 6.42 Å². The number of benzene rings is 1. The lowest BCUT2D eigenvalue weighted by Crippen LogP contribution is -2.16. The maximum absolute atomic E-state index is 11.1. The van der Waals surface area contributed by atoms with Crippen molar-refractivity contribution in [2.45, 2.75) is 26.2 Å². The monoisotopic (exact) mass is 206 g/mol. The summed E-state index contributed by atoms with van der Waals surface area (Å²) in [5, 5.41) is 8.52. The van der Waals surface area contributed by atoms with Gasteiger partial charge in [0.1, 0.15) is 0 Å². The van der Waals surface area contributed by atoms with Crippen LogP contribution in [0, 0.1) is 0 Å². The van der Waals surface area contributed by atoms with Gasteiger partial charge in [-0.05, 0) is 17.0 Å². The summed E-state index contributed by atoms with van der Waals surface area (Å²) in [4.78, 5) is 21.5. The number of Topliss-reactive ketones (excluding diaryl/α,β-unsaturated/α-hetero) is 1. The van der Waals surface area contributed by atoms with Gasteiger partial charge in [-0.1, -0.05) is 38.1 Å². The first-order valence-corrected chi connectivity index (χ1v) is 4.86. The molecule has 0 unspecified atom stereocenters. The van der Waals surface area contributed by atoms with E-state index in [1.807, 2.05) is 32.0 Å². The van der Waals surface area contributed by atoms with E-state index in [0.717, 1.165) is 11.1 Å². The molecule has 0 aliphatic carbocycles. The van der Waals surface area contributed by atoms with Crippen LogP contribution in [0.3, 0.4) is 0 Å². The zero-order valence-corrected chi connectivity index (χ0v) is 8.86. The summed E-state index contributed by atoms with van der Waals surface area (Å²) in [6, 6.07) is 7.44. The average Bonchev–Trinajstić information content (AvgIpc) is 2.18. The number of aliphatic carboxylic acids is 1. The highest BCUT2D eigenvalue weighted by Gasteiger charge is 2.15. The highest BCUT2D eigenvalue weighted by atomic mass is 16.4. The molecule has 1 aromatic rings. The summed E-state index contributed by atoms with van der Waals surface area (Å²) in [7, 11) is 0. The zero-order chi connectivity index (χ0) is 11.4. The van der Waals surface area contributed by atoms with Crippen molar-refractivity contribution >= 4 is 11.8 Å². The third-order valence-corrected chi connectivity index (χ3v) is 2.27. The van der Waals surface area contributed by atoms with Crippen molar-refractivity contribution in [3.05, 3.63) is 35.4 Å². The van der Waals surface area contributed by atoms with Crippen LogP contribution in [0.2, 0.25) is 0 Å². The Labute approximate surface area is 88.7 Å². The lowest BCUT2D eigenvalue weighted by atomic mass is 9.94. The summed E-state index contributed by atoms with van der Waals surface area (Å²) in [6.45, 7) is 4.04. The van der Waals surface area contributed by atoms with Crippen molar-refractivity contribution < 1.29 is 14.7 Å². The molecular formula is C12H14O3. The molecule has 1 N–H and O–H groups in total. The highest BCUT2D eigenvalue weighted by molar-refractivity contribution is 6.33. The fourth-order valence-electron chi connectivity index (χ4n) is 1.51. The number of ketones is 1. The van der Waals surface area contributed by atoms with Gasteiger partial charge in [-0.2, -0.15) is 0 Å². The van der Waals surface area contributed by atoms with E-state index in [4.69, 9.17) is 5.11 Å². The second-order valence-electron chi connectivity index (χ2n) is 3.76. The molecule has 0 radical (unpaired) electrons. The Morgan fingerprint density at radius 3 is 2.40 bits per heavy atom. The molecule has 0 saturated carbocycles. The van der Waals surface area contributed by atoms with E-state index in [9.17, 15) is 9.59 Å². The molecule has 1 aromatic carbocycles. The molecule has 1 rings (SSSR count). The molecule has 0 aliphatic heterocycles. The Bertz CT molecular complexity index is 380. The van der Waals surface area contributed by atoms with Crippen molar-refractivity contribution in [3.8, 4) is 0 Å². The van der Waals surface area contributed by atoms with Crippen LogP contribution in [0.4, 0.5) is 0 Å². The number of carbonyl (C=O) groups is 2. The molecule has 0 aromatic heterocycles. The van der Waals surface area contributed by atoms with Crippen molar-refractivity contribution in [2.75, 3.05) is 0 Å². The fraction of sp³-hybridized carbons (Fsp3) is 0.333. The standard InChI is InChI=1S/C12H14O3/c1-8(2)10-6-4-3-5-9(10)7-11(13)12(14)15/h3-6,8H,7H2,1-2H3,(H,14,15). The first-order valence-electron chi connectivity index (χ1n) is 4.86. The van der Waals surface area contributed by atoms with Crippen molar-refractivity contribution in [1.82, 2.24) is 0 Å². The van der Waals surface area contributed by atoms with E-state index >= 15 is 0 Å². The Morgan fingerprint density at radius 2 is 1.87 bits per heavy atom. The molecule has 0 aliphatic rings. The average molecular weight is 206 g/mol. The van der Waals surface area contributed by atoms with Crippen molar-refractivity contribution in [3.63, 3.8) is 0 Å². The molecule has 3 heteroatoms. The molecule has 0 bridgehead atoms. The molecule has 0 amide bonds. The number of carbonyl (C=O) groups excluding carboxylic acids is 1. The Hall–Kier alpha value is -1.64. The first-order chi connectivity index (χ1) is 7.02. The van der Waals surface area contributed by atoms with E-state index in [2.05, 4.69) is 0 Å². The third kappa shape index (κ3) is 2.91. The molecule has 0 heterocycles. The van der Waals surface area contributed by atoms with Crippen LogP contribution in [-0.2, 0) is 16.0 Å². The van der Waals surface area contributed by atoms with Gasteiger partial charge in [-0.25, -0.2) is 4.79 Å². The van der Waals surface area contributed by atoms with Gasteiger partial charge in [0.2, 0.25) is 5.78 Å². The van der Waals surface area contributed by atoms with E-state index in [1.165, 1.54) is 0 Å². The van der Waals surface area contributed by atoms with Gasteiger partial charge < -0.3 is 5.11 Å². The fourth-order valence-corrected chi connectivity index (χ4v) is 1.51. The van der Waals surface area contributed by atoms with Crippen LogP contribution in [-0.4, -0.2) is 16.9 Å². The van der Waals surface area contributed by atoms with Crippen LogP contribution < -0.4 is 0 Å². The second kappa shape index (κ2) is 4.73. The van der Waals surface area contributed by atoms with Gasteiger partial charge in [0.25, 0.3) is 0 Å². The maximum Gasteiger partial charge on any atom is 0.372 e. The SMILES string of the molecule is CC(C)c1ccccc1CC(=O)C(=O)O. The minimum atomic E-state index is -1.37. The normalized spacial score (nSPS) is 10.3. The number of carboxylic acids is 1. The molecule has 0 fully saturated rings. The molecule has 0 spiro atoms. The summed E-state index contributed by atoms with van der Waals surface area (Å²) in [5.74, 6) is -1.83. The molecule has 15 heavy (non-hydrogen) atoms. The van der Waals surface area contributed by atoms with Crippen molar-refractivity contribution in [1.29, 1.82) is 0 Å². The zero-order valence-electron chi connectivity index (χ0n) is 8.86. The van der Waals surface area contributed by atoms with Gasteiger partial charge >= 0.3 is 5.97 Å². The van der Waals surface area contributed by atoms with Gasteiger partial charge in [0.15, 0.2) is 0 Å². The van der Waals surface area contributed by atoms with Crippen LogP contribution in [0.15, 0.2) is 24.3 Å². The Morgan fingerprint density at radius 1 is 1.27 bits per heavy atom. The van der Waals surface area contributed by atoms with Gasteiger partial charge in [0.05, 0.1) is 0 Å². The number of hydrogen-bond donors (Lipinski definition) is 1. The minimum absolute atomic E-state index is 0.0241. The summed E-state index contributed by atoms with van der Waals surface area (Å²) in [5.41, 5.74) is 1.84. The molecule has 0 saturated heterocycles. The van der Waals surface area contributed by atoms with Gasteiger partial charge in [-0.3, -0.25) is 4.79 Å². The quantitative estimate of drug-likeness (QED) is 0.766. The predicted molar refractivity (Wildman–Crippen MR) is 56.9 cm³/mol. The van der Waals surface area contributed by atoms with E-state index in [1.54, 1.807) is 6.07 Å². The van der Waals surface area contributed by atoms with Crippen molar-refractivity contribution in [2.24, 2.45) is 0 Å². The van der Waals surface area contributed by atoms with E-state index < -0.39 is 11.8 Å². The number of hydrogen-bond acceptors (Lipinski definition) is 2. The number of carboxylic acid groups (broad SMARTS) is 1. The second-order valence-corrected chi connectivity index (χ2v) is 3.76. The van der Waals surface area contributed by atoms with Crippen LogP contribution in [0.25, 0.3) is 0 Å². The highest BCUT2D eigenvalue weighted by Crippen LogP contribution is 2.19. The number of rotatable bonds is 4. The van der Waals surface area contributed by atoms with Crippen LogP contribution >= 0.6 is 0 Å². The Kier molecular flexibility index (Phi) is 3.61. The smallest absolute Gasteiger partial charge is 0.372 e. The third-order valence-electron chi connectivity index (χ3n) is 2.27.